The van der Waals surface area contributed by atoms with Crippen LogP contribution in [0.1, 0.15) is 38.7 Å². The van der Waals surface area contributed by atoms with Crippen LogP contribution >= 0.6 is 11.6 Å². The van der Waals surface area contributed by atoms with Crippen LogP contribution < -0.4 is 5.32 Å². The molecule has 1 atom stereocenters. The maximum Gasteiger partial charge on any atom is 0.175 e. The van der Waals surface area contributed by atoms with Gasteiger partial charge >= 0.3 is 0 Å². The Morgan fingerprint density at radius 1 is 1.35 bits per heavy atom. The monoisotopic (exact) mass is 292 g/mol. The fourth-order valence-corrected chi connectivity index (χ4v) is 2.36. The van der Waals surface area contributed by atoms with Crippen molar-refractivity contribution in [3.63, 3.8) is 0 Å². The second-order valence-electron chi connectivity index (χ2n) is 4.70. The topological polar surface area (TPSA) is 53.0 Å². The quantitative estimate of drug-likeness (QED) is 0.616. The first-order valence-corrected chi connectivity index (χ1v) is 7.06. The molecule has 0 fully saturated rings. The summed E-state index contributed by atoms with van der Waals surface area (Å²) in [6.07, 6.45) is 0.589. The third kappa shape index (κ3) is 3.70. The number of hydrogen-bond acceptors (Lipinski definition) is 3. The highest BCUT2D eigenvalue weighted by atomic mass is 35.5. The third-order valence-corrected chi connectivity index (χ3v) is 3.61. The molecule has 0 saturated carbocycles. The minimum absolute atomic E-state index is 0.0360. The second kappa shape index (κ2) is 7.25. The molecule has 1 aromatic rings. The van der Waals surface area contributed by atoms with E-state index in [1.54, 1.807) is 7.05 Å². The molecule has 0 amide bonds. The Morgan fingerprint density at radius 3 is 2.30 bits per heavy atom. The molecule has 0 radical (unpaired) electrons. The number of carbonyl (C=O) groups excluding carboxylic acids is 1. The summed E-state index contributed by atoms with van der Waals surface area (Å²) in [7, 11) is 1.72. The molecule has 1 rings (SSSR count). The summed E-state index contributed by atoms with van der Waals surface area (Å²) >= 11 is 5.91. The predicted molar refractivity (Wildman–Crippen MR) is 84.7 cm³/mol. The van der Waals surface area contributed by atoms with Crippen LogP contribution in [0.15, 0.2) is 35.5 Å². The van der Waals surface area contributed by atoms with Crippen molar-refractivity contribution < 1.29 is 4.79 Å². The van der Waals surface area contributed by atoms with Gasteiger partial charge in [-0.3, -0.25) is 4.79 Å². The molecule has 0 heterocycles. The number of halogens is 1. The Hall–Kier alpha value is -1.61. The zero-order chi connectivity index (χ0) is 15.3. The highest BCUT2D eigenvalue weighted by Crippen LogP contribution is 2.28. The summed E-state index contributed by atoms with van der Waals surface area (Å²) in [5.74, 6) is -0.0902. The fourth-order valence-electron chi connectivity index (χ4n) is 2.24. The van der Waals surface area contributed by atoms with Crippen molar-refractivity contribution in [1.82, 2.24) is 5.32 Å². The van der Waals surface area contributed by atoms with Gasteiger partial charge in [-0.15, -0.1) is 0 Å². The van der Waals surface area contributed by atoms with Gasteiger partial charge in [0.25, 0.3) is 0 Å². The van der Waals surface area contributed by atoms with Crippen LogP contribution in [0, 0.1) is 5.41 Å². The van der Waals surface area contributed by atoms with E-state index in [0.717, 1.165) is 11.1 Å². The standard InChI is InChI=1S/C16H21ClN2O/c1-5-14(18)15(16(19-4)11(3)20)10(2)12-6-8-13(17)9-7-12/h6-10,18-19H,5H2,1-4H3/b16-15-,18-14?. The normalized spacial score (nSPS) is 13.4. The summed E-state index contributed by atoms with van der Waals surface area (Å²) < 4.78 is 0. The number of rotatable bonds is 6. The van der Waals surface area contributed by atoms with Crippen molar-refractivity contribution in [2.24, 2.45) is 0 Å². The van der Waals surface area contributed by atoms with Crippen LogP contribution in [0.5, 0.6) is 0 Å². The Labute approximate surface area is 125 Å². The van der Waals surface area contributed by atoms with E-state index in [9.17, 15) is 4.79 Å². The largest absolute Gasteiger partial charge is 0.385 e. The van der Waals surface area contributed by atoms with Gasteiger partial charge in [-0.2, -0.15) is 0 Å². The minimum Gasteiger partial charge on any atom is -0.385 e. The Bertz CT molecular complexity index is 532. The number of ketones is 1. The summed E-state index contributed by atoms with van der Waals surface area (Å²) in [5, 5.41) is 11.8. The lowest BCUT2D eigenvalue weighted by molar-refractivity contribution is -0.114. The predicted octanol–water partition coefficient (Wildman–Crippen LogP) is 3.94. The van der Waals surface area contributed by atoms with Crippen LogP contribution in [-0.4, -0.2) is 18.5 Å². The van der Waals surface area contributed by atoms with Gasteiger partial charge in [0, 0.05) is 36.2 Å². The second-order valence-corrected chi connectivity index (χ2v) is 5.14. The number of allylic oxidation sites excluding steroid dienone is 2. The average molecular weight is 293 g/mol. The van der Waals surface area contributed by atoms with Crippen LogP contribution in [0.4, 0.5) is 0 Å². The molecular weight excluding hydrogens is 272 g/mol. The Morgan fingerprint density at radius 2 is 1.90 bits per heavy atom. The highest BCUT2D eigenvalue weighted by Gasteiger charge is 2.21. The molecule has 3 nitrogen and oxygen atoms in total. The Kier molecular flexibility index (Phi) is 5.96. The summed E-state index contributed by atoms with van der Waals surface area (Å²) in [6, 6.07) is 7.52. The zero-order valence-corrected chi connectivity index (χ0v) is 13.1. The number of hydrogen-bond donors (Lipinski definition) is 2. The van der Waals surface area contributed by atoms with Crippen LogP contribution in [0.2, 0.25) is 5.02 Å². The van der Waals surface area contributed by atoms with Gasteiger partial charge in [-0.05, 0) is 24.1 Å². The first kappa shape index (κ1) is 16.4. The van der Waals surface area contributed by atoms with Crippen molar-refractivity contribution in [3.8, 4) is 0 Å². The molecule has 2 N–H and O–H groups in total. The molecule has 108 valence electrons. The van der Waals surface area contributed by atoms with E-state index in [-0.39, 0.29) is 11.7 Å². The van der Waals surface area contributed by atoms with E-state index in [0.29, 0.717) is 22.9 Å². The van der Waals surface area contributed by atoms with Crippen molar-refractivity contribution in [2.45, 2.75) is 33.1 Å². The smallest absolute Gasteiger partial charge is 0.175 e. The first-order valence-electron chi connectivity index (χ1n) is 6.68. The van der Waals surface area contributed by atoms with Crippen molar-refractivity contribution in [2.75, 3.05) is 7.05 Å². The molecule has 0 aliphatic heterocycles. The van der Waals surface area contributed by atoms with Gasteiger partial charge in [0.05, 0.1) is 5.70 Å². The maximum absolute atomic E-state index is 11.8. The molecule has 1 unspecified atom stereocenters. The first-order chi connectivity index (χ1) is 9.42. The van der Waals surface area contributed by atoms with Crippen molar-refractivity contribution >= 4 is 23.1 Å². The Balaban J connectivity index is 3.34. The highest BCUT2D eigenvalue weighted by molar-refractivity contribution is 6.30. The summed E-state index contributed by atoms with van der Waals surface area (Å²) in [4.78, 5) is 11.8. The van der Waals surface area contributed by atoms with Gasteiger partial charge in [0.1, 0.15) is 0 Å². The van der Waals surface area contributed by atoms with Crippen molar-refractivity contribution in [3.05, 3.63) is 46.1 Å². The van der Waals surface area contributed by atoms with E-state index in [2.05, 4.69) is 5.32 Å². The van der Waals surface area contributed by atoms with E-state index in [1.165, 1.54) is 6.92 Å². The number of likely N-dealkylation sites (N-methyl/N-ethyl adjacent to an activating group) is 1. The van der Waals surface area contributed by atoms with Crippen molar-refractivity contribution in [1.29, 1.82) is 5.41 Å². The van der Waals surface area contributed by atoms with Gasteiger partial charge in [0.2, 0.25) is 0 Å². The molecule has 4 heteroatoms. The number of carbonyl (C=O) groups is 1. The molecule has 20 heavy (non-hydrogen) atoms. The minimum atomic E-state index is -0.0542. The van der Waals surface area contributed by atoms with Gasteiger partial charge < -0.3 is 10.7 Å². The summed E-state index contributed by atoms with van der Waals surface area (Å²) in [6.45, 7) is 5.44. The van der Waals surface area contributed by atoms with Gasteiger partial charge in [-0.1, -0.05) is 37.6 Å². The lowest BCUT2D eigenvalue weighted by Gasteiger charge is -2.20. The lowest BCUT2D eigenvalue weighted by Crippen LogP contribution is -2.22. The molecular formula is C16H21ClN2O. The van der Waals surface area contributed by atoms with E-state index < -0.39 is 0 Å². The van der Waals surface area contributed by atoms with Crippen LogP contribution in [0.3, 0.4) is 0 Å². The molecule has 0 aliphatic carbocycles. The SMILES string of the molecule is CCC(=N)/C(=C(\NC)C(C)=O)C(C)c1ccc(Cl)cc1. The van der Waals surface area contributed by atoms with Crippen LogP contribution in [0.25, 0.3) is 0 Å². The molecule has 0 aliphatic rings. The molecule has 0 saturated heterocycles. The van der Waals surface area contributed by atoms with Gasteiger partial charge in [0.15, 0.2) is 5.78 Å². The van der Waals surface area contributed by atoms with Gasteiger partial charge in [-0.25, -0.2) is 0 Å². The van der Waals surface area contributed by atoms with E-state index in [4.69, 9.17) is 17.0 Å². The summed E-state index contributed by atoms with van der Waals surface area (Å²) in [5.41, 5.74) is 2.78. The number of Topliss-reactive ketones (excluding diaryl/α,β-unsaturated/α-hetero) is 1. The molecule has 0 bridgehead atoms. The number of benzene rings is 1. The van der Waals surface area contributed by atoms with E-state index in [1.807, 2.05) is 38.1 Å². The van der Waals surface area contributed by atoms with Crippen LogP contribution in [-0.2, 0) is 4.79 Å². The molecule has 1 aromatic carbocycles. The number of nitrogens with one attached hydrogen (secondary N) is 2. The molecule has 0 spiro atoms. The fraction of sp³-hybridized carbons (Fsp3) is 0.375. The average Bonchev–Trinajstić information content (AvgIpc) is 2.43. The molecule has 0 aromatic heterocycles. The van der Waals surface area contributed by atoms with E-state index >= 15 is 0 Å². The lowest BCUT2D eigenvalue weighted by atomic mass is 9.86. The zero-order valence-electron chi connectivity index (χ0n) is 12.4. The third-order valence-electron chi connectivity index (χ3n) is 3.35. The maximum atomic E-state index is 11.8.